The molecule has 1 aliphatic carbocycles. The summed E-state index contributed by atoms with van der Waals surface area (Å²) >= 11 is 3.86. The molecule has 0 aliphatic heterocycles. The van der Waals surface area contributed by atoms with Gasteiger partial charge in [-0.05, 0) is 66.5 Å². The van der Waals surface area contributed by atoms with E-state index in [2.05, 4.69) is 46.3 Å². The van der Waals surface area contributed by atoms with Gasteiger partial charge in [0.2, 0.25) is 0 Å². The van der Waals surface area contributed by atoms with Gasteiger partial charge in [0.25, 0.3) is 0 Å². The third-order valence-electron chi connectivity index (χ3n) is 4.33. The number of alkyl halides is 1. The topological polar surface area (TPSA) is 9.23 Å². The summed E-state index contributed by atoms with van der Waals surface area (Å²) in [6.45, 7) is 0. The maximum atomic E-state index is 5.20. The zero-order valence-electron chi connectivity index (χ0n) is 12.4. The van der Waals surface area contributed by atoms with Crippen LogP contribution in [0.2, 0.25) is 0 Å². The molecule has 0 radical (unpaired) electrons. The van der Waals surface area contributed by atoms with Crippen molar-refractivity contribution in [3.63, 3.8) is 0 Å². The third kappa shape index (κ3) is 3.49. The van der Waals surface area contributed by atoms with Crippen LogP contribution in [-0.2, 0) is 19.3 Å². The summed E-state index contributed by atoms with van der Waals surface area (Å²) in [4.78, 5) is 0.436. The molecular weight excluding hydrogens is 324 g/mol. The monoisotopic (exact) mass is 344 g/mol. The van der Waals surface area contributed by atoms with Gasteiger partial charge in [0.1, 0.15) is 5.75 Å². The summed E-state index contributed by atoms with van der Waals surface area (Å²) in [5.41, 5.74) is 5.89. The highest BCUT2D eigenvalue weighted by molar-refractivity contribution is 9.09. The van der Waals surface area contributed by atoms with Crippen molar-refractivity contribution < 1.29 is 4.74 Å². The Morgan fingerprint density at radius 2 is 1.81 bits per heavy atom. The number of hydrogen-bond acceptors (Lipinski definition) is 1. The summed E-state index contributed by atoms with van der Waals surface area (Å²) < 4.78 is 5.20. The van der Waals surface area contributed by atoms with Crippen molar-refractivity contribution in [2.24, 2.45) is 0 Å². The number of aryl methyl sites for hydroxylation is 3. The maximum Gasteiger partial charge on any atom is 0.118 e. The lowest BCUT2D eigenvalue weighted by atomic mass is 10.0. The molecular formula is C19H21BrO. The maximum absolute atomic E-state index is 5.20. The molecule has 2 aromatic rings. The van der Waals surface area contributed by atoms with Gasteiger partial charge in [0.05, 0.1) is 7.11 Å². The second kappa shape index (κ2) is 6.65. The van der Waals surface area contributed by atoms with Gasteiger partial charge in [-0.2, -0.15) is 0 Å². The molecule has 0 N–H and O–H groups in total. The number of hydrogen-bond donors (Lipinski definition) is 0. The molecule has 2 heteroatoms. The minimum absolute atomic E-state index is 0.436. The molecule has 1 unspecified atom stereocenters. The van der Waals surface area contributed by atoms with Gasteiger partial charge in [0, 0.05) is 4.83 Å². The van der Waals surface area contributed by atoms with Crippen LogP contribution in [-0.4, -0.2) is 7.11 Å². The van der Waals surface area contributed by atoms with Gasteiger partial charge in [-0.15, -0.1) is 0 Å². The van der Waals surface area contributed by atoms with E-state index < -0.39 is 0 Å². The zero-order chi connectivity index (χ0) is 14.7. The Morgan fingerprint density at radius 3 is 2.57 bits per heavy atom. The highest BCUT2D eigenvalue weighted by Crippen LogP contribution is 2.32. The third-order valence-corrected chi connectivity index (χ3v) is 5.32. The zero-order valence-corrected chi connectivity index (χ0v) is 14.0. The van der Waals surface area contributed by atoms with Crippen LogP contribution in [0.5, 0.6) is 5.75 Å². The van der Waals surface area contributed by atoms with E-state index in [1.165, 1.54) is 30.4 Å². The van der Waals surface area contributed by atoms with Gasteiger partial charge in [-0.3, -0.25) is 0 Å². The van der Waals surface area contributed by atoms with E-state index >= 15 is 0 Å². The number of fused-ring (bicyclic) bond motifs is 1. The summed E-state index contributed by atoms with van der Waals surface area (Å²) in [5.74, 6) is 0.924. The van der Waals surface area contributed by atoms with Crippen LogP contribution in [0.4, 0.5) is 0 Å². The predicted molar refractivity (Wildman–Crippen MR) is 91.5 cm³/mol. The number of rotatable bonds is 5. The van der Waals surface area contributed by atoms with E-state index in [9.17, 15) is 0 Å². The summed E-state index contributed by atoms with van der Waals surface area (Å²) in [5, 5.41) is 0. The molecule has 0 aromatic heterocycles. The van der Waals surface area contributed by atoms with Crippen LogP contribution in [0.3, 0.4) is 0 Å². The minimum atomic E-state index is 0.436. The Balaban J connectivity index is 1.61. The van der Waals surface area contributed by atoms with Crippen LogP contribution in [0.15, 0.2) is 42.5 Å². The highest BCUT2D eigenvalue weighted by atomic mass is 79.9. The average Bonchev–Trinajstić information content (AvgIpc) is 3.00. The lowest BCUT2D eigenvalue weighted by molar-refractivity contribution is 0.414. The average molecular weight is 345 g/mol. The molecule has 1 nitrogen and oxygen atoms in total. The van der Waals surface area contributed by atoms with Crippen LogP contribution >= 0.6 is 15.9 Å². The van der Waals surface area contributed by atoms with Gasteiger partial charge >= 0.3 is 0 Å². The van der Waals surface area contributed by atoms with E-state index in [4.69, 9.17) is 4.74 Å². The first-order valence-electron chi connectivity index (χ1n) is 7.65. The van der Waals surface area contributed by atoms with E-state index in [0.717, 1.165) is 18.6 Å². The highest BCUT2D eigenvalue weighted by Gasteiger charge is 2.14. The lowest BCUT2D eigenvalue weighted by Gasteiger charge is -2.12. The number of ether oxygens (including phenoxy) is 1. The quantitative estimate of drug-likeness (QED) is 0.672. The van der Waals surface area contributed by atoms with Crippen LogP contribution < -0.4 is 4.74 Å². The van der Waals surface area contributed by atoms with Gasteiger partial charge < -0.3 is 4.74 Å². The first-order chi connectivity index (χ1) is 10.3. The van der Waals surface area contributed by atoms with Crippen molar-refractivity contribution in [2.75, 3.05) is 7.11 Å². The summed E-state index contributed by atoms with van der Waals surface area (Å²) in [6.07, 6.45) is 6.02. The van der Waals surface area contributed by atoms with Gasteiger partial charge in [-0.25, -0.2) is 0 Å². The molecule has 21 heavy (non-hydrogen) atoms. The van der Waals surface area contributed by atoms with Gasteiger partial charge in [-0.1, -0.05) is 46.3 Å². The number of benzene rings is 2. The number of halogens is 1. The lowest BCUT2D eigenvalue weighted by Crippen LogP contribution is -1.95. The Morgan fingerprint density at radius 1 is 1.05 bits per heavy atom. The van der Waals surface area contributed by atoms with E-state index in [0.29, 0.717) is 4.83 Å². The van der Waals surface area contributed by atoms with Crippen LogP contribution in [0.25, 0.3) is 0 Å². The first-order valence-corrected chi connectivity index (χ1v) is 8.56. The number of methoxy groups -OCH3 is 1. The molecule has 0 saturated carbocycles. The van der Waals surface area contributed by atoms with Crippen LogP contribution in [0.1, 0.15) is 39.9 Å². The Labute approximate surface area is 135 Å². The Bertz CT molecular complexity index is 603. The van der Waals surface area contributed by atoms with Crippen molar-refractivity contribution in [3.8, 4) is 5.75 Å². The van der Waals surface area contributed by atoms with Crippen molar-refractivity contribution in [1.82, 2.24) is 0 Å². The summed E-state index contributed by atoms with van der Waals surface area (Å²) in [7, 11) is 1.71. The van der Waals surface area contributed by atoms with Crippen molar-refractivity contribution in [2.45, 2.75) is 36.9 Å². The second-order valence-electron chi connectivity index (χ2n) is 5.74. The first kappa shape index (κ1) is 14.6. The molecule has 110 valence electrons. The molecule has 1 atom stereocenters. The normalized spacial score (nSPS) is 14.8. The van der Waals surface area contributed by atoms with Crippen LogP contribution in [0, 0.1) is 0 Å². The molecule has 1 aliphatic rings. The van der Waals surface area contributed by atoms with Gasteiger partial charge in [0.15, 0.2) is 0 Å². The molecule has 2 aromatic carbocycles. The standard InChI is InChI=1S/C19H21BrO/c1-21-18-10-5-14(6-11-18)7-12-19(20)17-9-8-15-3-2-4-16(15)13-17/h5-6,8-11,13,19H,2-4,7,12H2,1H3. The SMILES string of the molecule is COc1ccc(CCC(Br)c2ccc3c(c2)CCC3)cc1. The van der Waals surface area contributed by atoms with Crippen molar-refractivity contribution >= 4 is 15.9 Å². The summed E-state index contributed by atoms with van der Waals surface area (Å²) in [6, 6.07) is 15.4. The molecule has 0 saturated heterocycles. The molecule has 0 fully saturated rings. The largest absolute Gasteiger partial charge is 0.497 e. The molecule has 0 amide bonds. The smallest absolute Gasteiger partial charge is 0.118 e. The molecule has 0 bridgehead atoms. The van der Waals surface area contributed by atoms with E-state index in [1.54, 1.807) is 18.2 Å². The van der Waals surface area contributed by atoms with Crippen molar-refractivity contribution in [3.05, 3.63) is 64.7 Å². The Kier molecular flexibility index (Phi) is 4.64. The van der Waals surface area contributed by atoms with E-state index in [1.807, 2.05) is 12.1 Å². The molecule has 3 rings (SSSR count). The van der Waals surface area contributed by atoms with Crippen molar-refractivity contribution in [1.29, 1.82) is 0 Å². The molecule has 0 heterocycles. The van der Waals surface area contributed by atoms with E-state index in [-0.39, 0.29) is 0 Å². The fraction of sp³-hybridized carbons (Fsp3) is 0.368. The Hall–Kier alpha value is -1.28. The fourth-order valence-electron chi connectivity index (χ4n) is 3.04. The minimum Gasteiger partial charge on any atom is -0.497 e. The second-order valence-corrected chi connectivity index (χ2v) is 6.84. The fourth-order valence-corrected chi connectivity index (χ4v) is 3.55. The molecule has 0 spiro atoms. The predicted octanol–water partition coefficient (Wildman–Crippen LogP) is 5.25.